The molecule has 1 heterocycles. The van der Waals surface area contributed by atoms with Gasteiger partial charge in [0.1, 0.15) is 36.5 Å². The molecule has 1 saturated heterocycles. The molecule has 0 spiro atoms. The molecule has 3 fully saturated rings. The molecular formula is C44H78O11Si2. The zero-order valence-corrected chi connectivity index (χ0v) is 40.4. The molecule has 2 aliphatic carbocycles. The molecule has 3 aliphatic rings. The number of hydrogen-bond acceptors (Lipinski definition) is 11. The normalized spacial score (nSPS) is 32.1. The van der Waals surface area contributed by atoms with Crippen molar-refractivity contribution in [3.63, 3.8) is 0 Å². The van der Waals surface area contributed by atoms with E-state index in [9.17, 15) is 10.2 Å². The van der Waals surface area contributed by atoms with Crippen LogP contribution in [0.3, 0.4) is 0 Å². The van der Waals surface area contributed by atoms with Gasteiger partial charge in [-0.1, -0.05) is 74.4 Å². The van der Waals surface area contributed by atoms with Gasteiger partial charge in [-0.3, -0.25) is 4.79 Å². The summed E-state index contributed by atoms with van der Waals surface area (Å²) in [4.78, 5) is 15.2. The first-order chi connectivity index (χ1) is 26.0. The number of carbonyl (C=O) groups is 1. The first-order valence-corrected chi connectivity index (χ1v) is 26.8. The third-order valence-corrected chi connectivity index (χ3v) is 23.7. The summed E-state index contributed by atoms with van der Waals surface area (Å²) in [6.45, 7) is 31.6. The van der Waals surface area contributed by atoms with Crippen molar-refractivity contribution in [1.82, 2.24) is 0 Å². The maximum absolute atomic E-state index is 15.2. The van der Waals surface area contributed by atoms with Crippen molar-refractivity contribution in [3.8, 4) is 5.75 Å². The van der Waals surface area contributed by atoms with Crippen molar-refractivity contribution >= 4 is 22.4 Å². The van der Waals surface area contributed by atoms with Gasteiger partial charge in [0.25, 0.3) is 0 Å². The van der Waals surface area contributed by atoms with E-state index >= 15 is 4.79 Å². The van der Waals surface area contributed by atoms with Crippen molar-refractivity contribution in [2.24, 2.45) is 23.2 Å². The molecule has 9 atom stereocenters. The van der Waals surface area contributed by atoms with Crippen LogP contribution in [-0.4, -0.2) is 108 Å². The molecule has 0 aromatic heterocycles. The number of aliphatic hydroxyl groups excluding tert-OH is 1. The summed E-state index contributed by atoms with van der Waals surface area (Å²) in [6, 6.07) is 7.60. The van der Waals surface area contributed by atoms with Gasteiger partial charge in [-0.2, -0.15) is 0 Å². The quantitative estimate of drug-likeness (QED) is 0.131. The largest absolute Gasteiger partial charge is 0.497 e. The first-order valence-electron chi connectivity index (χ1n) is 21.0. The maximum atomic E-state index is 15.2. The van der Waals surface area contributed by atoms with Gasteiger partial charge in [-0.25, -0.2) is 0 Å². The molecule has 328 valence electrons. The second-order valence-electron chi connectivity index (χ2n) is 21.1. The zero-order valence-electron chi connectivity index (χ0n) is 38.4. The molecule has 2 N–H and O–H groups in total. The van der Waals surface area contributed by atoms with Crippen LogP contribution >= 0.6 is 0 Å². The number of rotatable bonds is 15. The van der Waals surface area contributed by atoms with Gasteiger partial charge in [0, 0.05) is 30.3 Å². The van der Waals surface area contributed by atoms with E-state index in [2.05, 4.69) is 67.7 Å². The van der Waals surface area contributed by atoms with E-state index in [0.29, 0.717) is 12.8 Å². The minimum absolute atomic E-state index is 0.00707. The number of hydrogen-bond donors (Lipinski definition) is 2. The third kappa shape index (κ3) is 9.79. The Labute approximate surface area is 346 Å². The van der Waals surface area contributed by atoms with Crippen LogP contribution in [0, 0.1) is 23.2 Å². The minimum atomic E-state index is -2.54. The number of Topliss-reactive ketones (excluding diaryl/α,β-unsaturated/α-hetero) is 1. The van der Waals surface area contributed by atoms with Crippen LogP contribution in [0.4, 0.5) is 0 Å². The third-order valence-electron chi connectivity index (χ3n) is 14.7. The Bertz CT molecular complexity index is 1500. The van der Waals surface area contributed by atoms with Gasteiger partial charge in [0.05, 0.1) is 38.6 Å². The molecule has 2 saturated carbocycles. The lowest BCUT2D eigenvalue weighted by atomic mass is 9.66. The maximum Gasteiger partial charge on any atom is 0.192 e. The lowest BCUT2D eigenvalue weighted by Crippen LogP contribution is -2.63. The fraction of sp³-hybridized carbons (Fsp3) is 0.841. The highest BCUT2D eigenvalue weighted by Crippen LogP contribution is 2.59. The predicted molar refractivity (Wildman–Crippen MR) is 227 cm³/mol. The molecule has 13 heteroatoms. The van der Waals surface area contributed by atoms with E-state index in [4.69, 9.17) is 37.3 Å². The van der Waals surface area contributed by atoms with Gasteiger partial charge in [-0.15, -0.1) is 0 Å². The number of ether oxygens (including phenoxy) is 6. The monoisotopic (exact) mass is 839 g/mol. The van der Waals surface area contributed by atoms with E-state index < -0.39 is 75.3 Å². The molecular weight excluding hydrogens is 761 g/mol. The number of methoxy groups -OCH3 is 2. The van der Waals surface area contributed by atoms with Crippen LogP contribution in [0.15, 0.2) is 24.3 Å². The fourth-order valence-electron chi connectivity index (χ4n) is 8.83. The highest BCUT2D eigenvalue weighted by molar-refractivity contribution is 6.74. The average Bonchev–Trinajstić information content (AvgIpc) is 3.56. The lowest BCUT2D eigenvalue weighted by molar-refractivity contribution is -0.242. The molecule has 57 heavy (non-hydrogen) atoms. The standard InChI is InChI=1S/C44H78O11Si2/c1-29-33(24-35(54-57(16,17)40(5,6)7)44(47)23-22-32(41(44,8)9)37(36(29)46)51-28-48-12)43(27-52-42(10,11)55-43)38(34(45)26-53-56(14,15)39(2,3)4)50-25-30-18-20-31(49-13)21-19-30/h18-21,29,32-35,37-38,45,47H,22-28H2,1-17H3/t29-,32?,33-,34?,35-,37+,38+,43+,44+/m0/s1. The molecule has 0 amide bonds. The second kappa shape index (κ2) is 17.3. The molecule has 11 nitrogen and oxygen atoms in total. The molecule has 0 radical (unpaired) electrons. The number of benzene rings is 1. The summed E-state index contributed by atoms with van der Waals surface area (Å²) in [5.41, 5.74) is -2.63. The van der Waals surface area contributed by atoms with Gasteiger partial charge >= 0.3 is 0 Å². The van der Waals surface area contributed by atoms with Gasteiger partial charge in [0.2, 0.25) is 0 Å². The van der Waals surface area contributed by atoms with Crippen LogP contribution in [0.5, 0.6) is 5.75 Å². The molecule has 1 aromatic rings. The number of ketones is 1. The van der Waals surface area contributed by atoms with E-state index in [-0.39, 0.29) is 54.8 Å². The zero-order chi connectivity index (χ0) is 43.2. The Kier molecular flexibility index (Phi) is 14.7. The van der Waals surface area contributed by atoms with Crippen LogP contribution in [0.1, 0.15) is 101 Å². The summed E-state index contributed by atoms with van der Waals surface area (Å²) in [6.07, 6.45) is -2.49. The van der Waals surface area contributed by atoms with E-state index in [1.54, 1.807) is 14.2 Å². The summed E-state index contributed by atoms with van der Waals surface area (Å²) >= 11 is 0. The summed E-state index contributed by atoms with van der Waals surface area (Å²) in [7, 11) is -1.70. The van der Waals surface area contributed by atoms with E-state index in [0.717, 1.165) is 11.3 Å². The van der Waals surface area contributed by atoms with Crippen molar-refractivity contribution in [2.45, 2.75) is 180 Å². The molecule has 2 bridgehead atoms. The summed E-state index contributed by atoms with van der Waals surface area (Å²) in [5.74, 6) is -2.17. The highest BCUT2D eigenvalue weighted by Gasteiger charge is 2.67. The Hall–Kier alpha value is -1.24. The van der Waals surface area contributed by atoms with Crippen LogP contribution < -0.4 is 4.74 Å². The van der Waals surface area contributed by atoms with Crippen LogP contribution in [0.25, 0.3) is 0 Å². The molecule has 1 aromatic carbocycles. The summed E-state index contributed by atoms with van der Waals surface area (Å²) < 4.78 is 51.8. The van der Waals surface area contributed by atoms with E-state index in [1.807, 2.05) is 58.9 Å². The number of carbonyl (C=O) groups excluding carboxylic acids is 1. The van der Waals surface area contributed by atoms with Crippen molar-refractivity contribution in [2.75, 3.05) is 34.2 Å². The van der Waals surface area contributed by atoms with Gasteiger partial charge in [0.15, 0.2) is 28.2 Å². The molecule has 4 rings (SSSR count). The Morgan fingerprint density at radius 1 is 0.930 bits per heavy atom. The SMILES string of the molecule is COCO[C@H]1C(=O)[C@@H](C)[C@@H]([C@@]2([C@H](OCc3ccc(OC)cc3)C(O)CO[Si](C)(C)C(C)(C)C)COC(C)(C)O2)C[C@H](O[Si](C)(C)C(C)(C)C)[C@]2(O)CCC1C2(C)C. The smallest absolute Gasteiger partial charge is 0.192 e. The minimum Gasteiger partial charge on any atom is -0.497 e. The van der Waals surface area contributed by atoms with Crippen LogP contribution in [-0.2, 0) is 43.9 Å². The van der Waals surface area contributed by atoms with Crippen LogP contribution in [0.2, 0.25) is 36.3 Å². The molecule has 1 aliphatic heterocycles. The second-order valence-corrected chi connectivity index (χ2v) is 30.7. The van der Waals surface area contributed by atoms with Crippen molar-refractivity contribution in [1.29, 1.82) is 0 Å². The summed E-state index contributed by atoms with van der Waals surface area (Å²) in [5, 5.41) is 25.5. The topological polar surface area (TPSA) is 131 Å². The predicted octanol–water partition coefficient (Wildman–Crippen LogP) is 8.26. The first kappa shape index (κ1) is 48.4. The van der Waals surface area contributed by atoms with Crippen molar-refractivity contribution in [3.05, 3.63) is 29.8 Å². The Balaban J connectivity index is 1.96. The average molecular weight is 839 g/mol. The molecule has 2 unspecified atom stereocenters. The van der Waals surface area contributed by atoms with Crippen molar-refractivity contribution < 1.29 is 52.3 Å². The fourth-order valence-corrected chi connectivity index (χ4v) is 11.2. The Morgan fingerprint density at radius 2 is 1.53 bits per heavy atom. The van der Waals surface area contributed by atoms with Gasteiger partial charge in [-0.05, 0) is 87.1 Å². The number of aliphatic hydroxyl groups is 2. The lowest BCUT2D eigenvalue weighted by Gasteiger charge is -2.52. The van der Waals surface area contributed by atoms with Gasteiger partial charge < -0.3 is 47.5 Å². The van der Waals surface area contributed by atoms with E-state index in [1.165, 1.54) is 0 Å². The highest BCUT2D eigenvalue weighted by atomic mass is 28.4. The Morgan fingerprint density at radius 3 is 2.04 bits per heavy atom. The number of fused-ring (bicyclic) bond motifs is 2.